The fourth-order valence-corrected chi connectivity index (χ4v) is 4.49. The predicted molar refractivity (Wildman–Crippen MR) is 68.5 cm³/mol. The predicted octanol–water partition coefficient (Wildman–Crippen LogP) is 1.26. The summed E-state index contributed by atoms with van der Waals surface area (Å²) in [6.07, 6.45) is 4.37. The molecule has 0 bridgehead atoms. The molecule has 0 heterocycles. The van der Waals surface area contributed by atoms with E-state index in [1.807, 2.05) is 0 Å². The van der Waals surface area contributed by atoms with Gasteiger partial charge in [-0.1, -0.05) is 12.0 Å². The summed E-state index contributed by atoms with van der Waals surface area (Å²) in [5.74, 6) is -1.11. The van der Waals surface area contributed by atoms with Crippen molar-refractivity contribution in [2.24, 2.45) is 23.2 Å². The van der Waals surface area contributed by atoms with Crippen molar-refractivity contribution >= 4 is 17.7 Å². The third kappa shape index (κ3) is 1.46. The molecule has 20 heavy (non-hydrogen) atoms. The summed E-state index contributed by atoms with van der Waals surface area (Å²) in [6, 6.07) is 0. The van der Waals surface area contributed by atoms with Gasteiger partial charge in [-0.05, 0) is 37.2 Å². The fraction of sp³-hybridized carbons (Fsp3) is 0.667. The summed E-state index contributed by atoms with van der Waals surface area (Å²) in [5.41, 5.74) is -0.320. The molecule has 5 heteroatoms. The van der Waals surface area contributed by atoms with Crippen molar-refractivity contribution in [1.29, 1.82) is 0 Å². The van der Waals surface area contributed by atoms with E-state index in [-0.39, 0.29) is 30.0 Å². The number of carbonyl (C=O) groups excluding carboxylic acids is 3. The molecule has 2 saturated carbocycles. The largest absolute Gasteiger partial charge is 0.468 e. The zero-order valence-electron chi connectivity index (χ0n) is 11.7. The molecule has 3 rings (SSSR count). The normalized spacial score (nSPS) is 33.4. The van der Waals surface area contributed by atoms with Gasteiger partial charge in [0.2, 0.25) is 0 Å². The highest BCUT2D eigenvalue weighted by atomic mass is 16.5. The van der Waals surface area contributed by atoms with E-state index in [1.54, 1.807) is 6.08 Å². The number of ether oxygens (including phenoxy) is 2. The van der Waals surface area contributed by atoms with Crippen molar-refractivity contribution in [2.75, 3.05) is 14.2 Å². The lowest BCUT2D eigenvalue weighted by Crippen LogP contribution is -2.47. The molecule has 0 N–H and O–H groups in total. The molecule has 0 spiro atoms. The molecule has 0 aromatic heterocycles. The Balaban J connectivity index is 2.09. The van der Waals surface area contributed by atoms with Gasteiger partial charge in [-0.15, -0.1) is 0 Å². The summed E-state index contributed by atoms with van der Waals surface area (Å²) >= 11 is 0. The van der Waals surface area contributed by atoms with Gasteiger partial charge in [-0.2, -0.15) is 0 Å². The van der Waals surface area contributed by atoms with Crippen molar-refractivity contribution in [3.63, 3.8) is 0 Å². The molecule has 0 amide bonds. The first-order valence-electron chi connectivity index (χ1n) is 6.97. The smallest absolute Gasteiger partial charge is 0.323 e. The van der Waals surface area contributed by atoms with Crippen LogP contribution in [-0.4, -0.2) is 31.9 Å². The Hall–Kier alpha value is -1.65. The van der Waals surface area contributed by atoms with Gasteiger partial charge in [0.25, 0.3) is 0 Å². The first-order valence-corrected chi connectivity index (χ1v) is 6.97. The van der Waals surface area contributed by atoms with Gasteiger partial charge in [0.1, 0.15) is 0 Å². The van der Waals surface area contributed by atoms with E-state index in [9.17, 15) is 14.4 Å². The number of esters is 2. The third-order valence-electron chi connectivity index (χ3n) is 5.23. The zero-order chi connectivity index (χ0) is 14.5. The van der Waals surface area contributed by atoms with Crippen LogP contribution in [0.25, 0.3) is 0 Å². The summed E-state index contributed by atoms with van der Waals surface area (Å²) in [4.78, 5) is 36.6. The number of ketones is 1. The number of rotatable bonds is 2. The third-order valence-corrected chi connectivity index (χ3v) is 5.23. The molecule has 0 aromatic carbocycles. The first-order chi connectivity index (χ1) is 9.56. The molecule has 2 fully saturated rings. The monoisotopic (exact) mass is 278 g/mol. The topological polar surface area (TPSA) is 69.7 Å². The molecular weight excluding hydrogens is 260 g/mol. The van der Waals surface area contributed by atoms with Gasteiger partial charge >= 0.3 is 11.9 Å². The van der Waals surface area contributed by atoms with E-state index in [1.165, 1.54) is 14.2 Å². The van der Waals surface area contributed by atoms with Crippen molar-refractivity contribution in [2.45, 2.75) is 25.7 Å². The van der Waals surface area contributed by atoms with Gasteiger partial charge in [-0.25, -0.2) is 0 Å². The van der Waals surface area contributed by atoms with E-state index in [2.05, 4.69) is 0 Å². The second kappa shape index (κ2) is 4.43. The first kappa shape index (κ1) is 13.3. The second-order valence-corrected chi connectivity index (χ2v) is 5.92. The van der Waals surface area contributed by atoms with Crippen LogP contribution in [0.2, 0.25) is 0 Å². The summed E-state index contributed by atoms with van der Waals surface area (Å²) < 4.78 is 9.78. The van der Waals surface area contributed by atoms with Crippen LogP contribution in [-0.2, 0) is 23.9 Å². The Bertz CT molecular complexity index is 502. The maximum absolute atomic E-state index is 12.3. The summed E-state index contributed by atoms with van der Waals surface area (Å²) in [5, 5.41) is 0. The lowest BCUT2D eigenvalue weighted by Gasteiger charge is -2.37. The minimum Gasteiger partial charge on any atom is -0.468 e. The van der Waals surface area contributed by atoms with Crippen molar-refractivity contribution in [1.82, 2.24) is 0 Å². The average Bonchev–Trinajstić information content (AvgIpc) is 2.97. The number of carbonyl (C=O) groups is 3. The van der Waals surface area contributed by atoms with E-state index in [0.717, 1.165) is 24.8 Å². The molecule has 0 unspecified atom stereocenters. The van der Waals surface area contributed by atoms with E-state index in [4.69, 9.17) is 9.47 Å². The maximum Gasteiger partial charge on any atom is 0.323 e. The van der Waals surface area contributed by atoms with Crippen LogP contribution in [0.15, 0.2) is 11.6 Å². The molecule has 0 aromatic rings. The Morgan fingerprint density at radius 2 is 1.85 bits per heavy atom. The van der Waals surface area contributed by atoms with E-state index in [0.29, 0.717) is 0 Å². The van der Waals surface area contributed by atoms with E-state index >= 15 is 0 Å². The van der Waals surface area contributed by atoms with Crippen LogP contribution in [0.3, 0.4) is 0 Å². The van der Waals surface area contributed by atoms with Gasteiger partial charge in [0.05, 0.1) is 14.2 Å². The number of allylic oxidation sites excluding steroid dienone is 2. The number of methoxy groups -OCH3 is 2. The van der Waals surface area contributed by atoms with Crippen LogP contribution in [0, 0.1) is 23.2 Å². The van der Waals surface area contributed by atoms with Crippen molar-refractivity contribution < 1.29 is 23.9 Å². The average molecular weight is 278 g/mol. The van der Waals surface area contributed by atoms with Crippen LogP contribution >= 0.6 is 0 Å². The molecule has 5 nitrogen and oxygen atoms in total. The van der Waals surface area contributed by atoms with E-state index < -0.39 is 17.4 Å². The number of hydrogen-bond acceptors (Lipinski definition) is 5. The van der Waals surface area contributed by atoms with Crippen LogP contribution in [0.4, 0.5) is 0 Å². The van der Waals surface area contributed by atoms with Gasteiger partial charge < -0.3 is 9.47 Å². The highest BCUT2D eigenvalue weighted by molar-refractivity contribution is 6.04. The highest BCUT2D eigenvalue weighted by Gasteiger charge is 2.66. The number of hydrogen-bond donors (Lipinski definition) is 0. The highest BCUT2D eigenvalue weighted by Crippen LogP contribution is 2.61. The van der Waals surface area contributed by atoms with Crippen LogP contribution in [0.1, 0.15) is 25.7 Å². The Morgan fingerprint density at radius 1 is 1.20 bits per heavy atom. The molecule has 3 atom stereocenters. The molecule has 3 aliphatic carbocycles. The van der Waals surface area contributed by atoms with Gasteiger partial charge in [-0.3, -0.25) is 14.4 Å². The molecule has 3 aliphatic rings. The summed E-state index contributed by atoms with van der Waals surface area (Å²) in [6.45, 7) is 0. The molecular formula is C15H18O5. The van der Waals surface area contributed by atoms with Crippen molar-refractivity contribution in [3.8, 4) is 0 Å². The zero-order valence-corrected chi connectivity index (χ0v) is 11.7. The fourth-order valence-electron chi connectivity index (χ4n) is 4.49. The van der Waals surface area contributed by atoms with Crippen molar-refractivity contribution in [3.05, 3.63) is 11.6 Å². The molecule has 0 saturated heterocycles. The van der Waals surface area contributed by atoms with Gasteiger partial charge in [0.15, 0.2) is 11.2 Å². The van der Waals surface area contributed by atoms with Crippen LogP contribution in [0.5, 0.6) is 0 Å². The minimum atomic E-state index is -1.25. The van der Waals surface area contributed by atoms with Crippen LogP contribution < -0.4 is 0 Å². The lowest BCUT2D eigenvalue weighted by atomic mass is 9.66. The Labute approximate surface area is 117 Å². The molecule has 0 aliphatic heterocycles. The standard InChI is InChI=1S/C15H18O5/c1-19-13(17)15(14(18)20-2)7-8-6-11(16)9-4-3-5-10(15)12(8)9/h6,9-10,12H,3-5,7H2,1-2H3/t9-,10-,12+/m1/s1. The lowest BCUT2D eigenvalue weighted by molar-refractivity contribution is -0.174. The summed E-state index contributed by atoms with van der Waals surface area (Å²) in [7, 11) is 2.59. The maximum atomic E-state index is 12.3. The Morgan fingerprint density at radius 3 is 2.45 bits per heavy atom. The second-order valence-electron chi connectivity index (χ2n) is 5.92. The molecule has 0 radical (unpaired) electrons. The Kier molecular flexibility index (Phi) is 2.96. The molecule has 108 valence electrons. The quantitative estimate of drug-likeness (QED) is 0.562. The SMILES string of the molecule is COC(=O)C1(C(=O)OC)CC2=CC(=O)[C@H]3CCC[C@@H]1[C@@H]23. The minimum absolute atomic E-state index is 0.0226. The van der Waals surface area contributed by atoms with Gasteiger partial charge in [0, 0.05) is 5.92 Å².